The highest BCUT2D eigenvalue weighted by Crippen LogP contribution is 2.29. The first-order valence-electron chi connectivity index (χ1n) is 9.27. The summed E-state index contributed by atoms with van der Waals surface area (Å²) >= 11 is 1.65. The number of hydrogen-bond donors (Lipinski definition) is 0. The molecule has 5 heteroatoms. The lowest BCUT2D eigenvalue weighted by Crippen LogP contribution is -2.50. The summed E-state index contributed by atoms with van der Waals surface area (Å²) < 4.78 is 0. The number of rotatable bonds is 4. The molecular formula is C20H28N2O2S. The van der Waals surface area contributed by atoms with Gasteiger partial charge in [0.1, 0.15) is 0 Å². The van der Waals surface area contributed by atoms with Gasteiger partial charge in [-0.15, -0.1) is 11.8 Å². The third kappa shape index (κ3) is 4.26. The van der Waals surface area contributed by atoms with Gasteiger partial charge in [-0.25, -0.2) is 0 Å². The molecule has 25 heavy (non-hydrogen) atoms. The number of hydrogen-bond acceptors (Lipinski definition) is 4. The fourth-order valence-corrected chi connectivity index (χ4v) is 4.77. The predicted molar refractivity (Wildman–Crippen MR) is 102 cm³/mol. The molecule has 2 aliphatic rings. The molecule has 0 unspecified atom stereocenters. The Bertz CT molecular complexity index is 626. The minimum atomic E-state index is 0.105. The largest absolute Gasteiger partial charge is 0.343 e. The molecule has 0 N–H and O–H groups in total. The van der Waals surface area contributed by atoms with Crippen molar-refractivity contribution in [3.05, 3.63) is 29.8 Å². The number of likely N-dealkylation sites (tertiary alicyclic amines) is 2. The van der Waals surface area contributed by atoms with Crippen LogP contribution in [-0.2, 0) is 4.79 Å². The zero-order valence-corrected chi connectivity index (χ0v) is 16.1. The summed E-state index contributed by atoms with van der Waals surface area (Å²) in [4.78, 5) is 30.1. The lowest BCUT2D eigenvalue weighted by atomic mass is 9.88. The molecule has 2 fully saturated rings. The summed E-state index contributed by atoms with van der Waals surface area (Å²) in [6.45, 7) is 5.30. The number of benzene rings is 1. The molecule has 1 aromatic rings. The second-order valence-electron chi connectivity index (χ2n) is 7.14. The third-order valence-corrected chi connectivity index (χ3v) is 6.42. The monoisotopic (exact) mass is 360 g/mol. The molecule has 0 aromatic heterocycles. The van der Waals surface area contributed by atoms with E-state index >= 15 is 0 Å². The summed E-state index contributed by atoms with van der Waals surface area (Å²) in [5.74, 6) is 0.586. The molecule has 2 aliphatic heterocycles. The van der Waals surface area contributed by atoms with Crippen molar-refractivity contribution in [2.75, 3.05) is 32.4 Å². The summed E-state index contributed by atoms with van der Waals surface area (Å²) in [5.41, 5.74) is 0.883. The fourth-order valence-electron chi connectivity index (χ4n) is 4.17. The van der Waals surface area contributed by atoms with Crippen LogP contribution in [0.1, 0.15) is 43.0 Å². The molecular weight excluding hydrogens is 332 g/mol. The molecule has 1 amide bonds. The van der Waals surface area contributed by atoms with E-state index in [0.717, 1.165) is 62.3 Å². The molecule has 136 valence electrons. The van der Waals surface area contributed by atoms with Crippen LogP contribution in [0.5, 0.6) is 0 Å². The van der Waals surface area contributed by atoms with Gasteiger partial charge in [0.2, 0.25) is 5.91 Å². The SMILES string of the molecule is CSc1ccccc1C(=O)[C@H]1CCCN(C2CCN(C(C)=O)CC2)C1. The number of carbonyl (C=O) groups is 2. The molecule has 4 nitrogen and oxygen atoms in total. The Labute approximate surface area is 154 Å². The first-order valence-corrected chi connectivity index (χ1v) is 10.5. The zero-order chi connectivity index (χ0) is 17.8. The summed E-state index contributed by atoms with van der Waals surface area (Å²) in [5, 5.41) is 0. The molecule has 0 radical (unpaired) electrons. The van der Waals surface area contributed by atoms with Crippen molar-refractivity contribution in [2.24, 2.45) is 5.92 Å². The quantitative estimate of drug-likeness (QED) is 0.610. The third-order valence-electron chi connectivity index (χ3n) is 5.62. The molecule has 1 atom stereocenters. The van der Waals surface area contributed by atoms with Gasteiger partial charge in [0.05, 0.1) is 0 Å². The highest BCUT2D eigenvalue weighted by atomic mass is 32.2. The maximum absolute atomic E-state index is 13.1. The van der Waals surface area contributed by atoms with Crippen molar-refractivity contribution in [1.29, 1.82) is 0 Å². The van der Waals surface area contributed by atoms with Crippen LogP contribution in [0.3, 0.4) is 0 Å². The van der Waals surface area contributed by atoms with Crippen molar-refractivity contribution in [1.82, 2.24) is 9.80 Å². The Morgan fingerprint density at radius 2 is 1.80 bits per heavy atom. The maximum atomic E-state index is 13.1. The minimum Gasteiger partial charge on any atom is -0.343 e. The molecule has 2 saturated heterocycles. The van der Waals surface area contributed by atoms with Crippen molar-refractivity contribution >= 4 is 23.5 Å². The molecule has 0 spiro atoms. The van der Waals surface area contributed by atoms with Crippen LogP contribution in [0.15, 0.2) is 29.2 Å². The smallest absolute Gasteiger partial charge is 0.219 e. The van der Waals surface area contributed by atoms with E-state index < -0.39 is 0 Å². The molecule has 3 rings (SSSR count). The van der Waals surface area contributed by atoms with Gasteiger partial charge in [-0.1, -0.05) is 18.2 Å². The molecule has 1 aromatic carbocycles. The number of ketones is 1. The van der Waals surface area contributed by atoms with Gasteiger partial charge in [0.15, 0.2) is 5.78 Å². The number of Topliss-reactive ketones (excluding diaryl/α,β-unsaturated/α-hetero) is 1. The van der Waals surface area contributed by atoms with Gasteiger partial charge in [-0.2, -0.15) is 0 Å². The molecule has 0 bridgehead atoms. The lowest BCUT2D eigenvalue weighted by Gasteiger charge is -2.42. The number of amides is 1. The molecule has 0 aliphatic carbocycles. The van der Waals surface area contributed by atoms with Crippen LogP contribution in [0, 0.1) is 5.92 Å². The Hall–Kier alpha value is -1.33. The summed E-state index contributed by atoms with van der Waals surface area (Å²) in [6, 6.07) is 8.49. The average Bonchev–Trinajstić information content (AvgIpc) is 2.67. The first kappa shape index (κ1) is 18.5. The van der Waals surface area contributed by atoms with Crippen LogP contribution < -0.4 is 0 Å². The van der Waals surface area contributed by atoms with Crippen LogP contribution in [0.25, 0.3) is 0 Å². The van der Waals surface area contributed by atoms with Gasteiger partial charge < -0.3 is 4.90 Å². The highest BCUT2D eigenvalue weighted by Gasteiger charge is 2.32. The second kappa shape index (κ2) is 8.37. The van der Waals surface area contributed by atoms with E-state index in [1.165, 1.54) is 0 Å². The molecule has 2 heterocycles. The standard InChI is InChI=1S/C20H28N2O2S/c1-15(23)21-12-9-17(10-13-21)22-11-5-6-16(14-22)20(24)18-7-3-4-8-19(18)25-2/h3-4,7-8,16-17H,5-6,9-14H2,1-2H3/t16-/m0/s1. The first-order chi connectivity index (χ1) is 12.1. The number of piperidine rings is 2. The summed E-state index contributed by atoms with van der Waals surface area (Å²) in [7, 11) is 0. The summed E-state index contributed by atoms with van der Waals surface area (Å²) in [6.07, 6.45) is 6.17. The van der Waals surface area contributed by atoms with E-state index in [0.29, 0.717) is 11.8 Å². The van der Waals surface area contributed by atoms with E-state index in [-0.39, 0.29) is 11.8 Å². The van der Waals surface area contributed by atoms with Crippen LogP contribution >= 0.6 is 11.8 Å². The Morgan fingerprint density at radius 3 is 2.48 bits per heavy atom. The minimum absolute atomic E-state index is 0.105. The Morgan fingerprint density at radius 1 is 1.08 bits per heavy atom. The lowest BCUT2D eigenvalue weighted by molar-refractivity contribution is -0.130. The van der Waals surface area contributed by atoms with Crippen LogP contribution in [-0.4, -0.2) is 60.0 Å². The van der Waals surface area contributed by atoms with Gasteiger partial charge in [-0.3, -0.25) is 14.5 Å². The van der Waals surface area contributed by atoms with Gasteiger partial charge in [0.25, 0.3) is 0 Å². The van der Waals surface area contributed by atoms with E-state index in [2.05, 4.69) is 4.90 Å². The van der Waals surface area contributed by atoms with E-state index in [9.17, 15) is 9.59 Å². The average molecular weight is 361 g/mol. The number of nitrogens with zero attached hydrogens (tertiary/aromatic N) is 2. The van der Waals surface area contributed by atoms with Crippen molar-refractivity contribution < 1.29 is 9.59 Å². The maximum Gasteiger partial charge on any atom is 0.219 e. The predicted octanol–water partition coefficient (Wildman–Crippen LogP) is 3.31. The van der Waals surface area contributed by atoms with Crippen molar-refractivity contribution in [2.45, 2.75) is 43.5 Å². The van der Waals surface area contributed by atoms with Crippen LogP contribution in [0.4, 0.5) is 0 Å². The molecule has 0 saturated carbocycles. The van der Waals surface area contributed by atoms with Crippen LogP contribution in [0.2, 0.25) is 0 Å². The van der Waals surface area contributed by atoms with Gasteiger partial charge in [-0.05, 0) is 44.6 Å². The number of thioether (sulfide) groups is 1. The topological polar surface area (TPSA) is 40.6 Å². The fraction of sp³-hybridized carbons (Fsp3) is 0.600. The Balaban J connectivity index is 1.63. The number of carbonyl (C=O) groups excluding carboxylic acids is 2. The Kier molecular flexibility index (Phi) is 6.18. The van der Waals surface area contributed by atoms with Crippen molar-refractivity contribution in [3.63, 3.8) is 0 Å². The van der Waals surface area contributed by atoms with Crippen molar-refractivity contribution in [3.8, 4) is 0 Å². The van der Waals surface area contributed by atoms with E-state index in [1.54, 1.807) is 18.7 Å². The zero-order valence-electron chi connectivity index (χ0n) is 15.2. The van der Waals surface area contributed by atoms with Gasteiger partial charge in [0, 0.05) is 49.0 Å². The van der Waals surface area contributed by atoms with E-state index in [4.69, 9.17) is 0 Å². The highest BCUT2D eigenvalue weighted by molar-refractivity contribution is 7.98. The van der Waals surface area contributed by atoms with Gasteiger partial charge >= 0.3 is 0 Å². The van der Waals surface area contributed by atoms with E-state index in [1.807, 2.05) is 35.4 Å². The second-order valence-corrected chi connectivity index (χ2v) is 7.98. The normalized spacial score (nSPS) is 22.8.